The third-order valence-corrected chi connectivity index (χ3v) is 2.36. The molecular formula is C9H16N2O. The van der Waals surface area contributed by atoms with Crippen molar-refractivity contribution in [2.45, 2.75) is 19.3 Å². The molecule has 1 aliphatic rings. The van der Waals surface area contributed by atoms with Crippen LogP contribution in [-0.4, -0.2) is 19.0 Å². The first kappa shape index (κ1) is 9.26. The number of nitrogens with two attached hydrogens (primary N) is 1. The molecule has 1 fully saturated rings. The molecule has 3 nitrogen and oxygen atoms in total. The number of hydrogen-bond acceptors (Lipinski definition) is 2. The molecule has 0 saturated heterocycles. The number of carbonyl (C=O) groups excluding carboxylic acids is 1. The molecule has 3 N–H and O–H groups in total. The lowest BCUT2D eigenvalue weighted by Crippen LogP contribution is -2.36. The number of amides is 1. The highest BCUT2D eigenvalue weighted by atomic mass is 16.2. The molecule has 12 heavy (non-hydrogen) atoms. The van der Waals surface area contributed by atoms with Gasteiger partial charge in [0.15, 0.2) is 0 Å². The van der Waals surface area contributed by atoms with E-state index in [0.29, 0.717) is 13.1 Å². The van der Waals surface area contributed by atoms with Gasteiger partial charge in [0.2, 0.25) is 5.91 Å². The molecule has 1 saturated carbocycles. The highest BCUT2D eigenvalue weighted by Gasteiger charge is 2.48. The zero-order valence-electron chi connectivity index (χ0n) is 7.31. The molecule has 0 aliphatic heterocycles. The van der Waals surface area contributed by atoms with Crippen LogP contribution in [0.4, 0.5) is 0 Å². The first-order valence-corrected chi connectivity index (χ1v) is 4.34. The van der Waals surface area contributed by atoms with E-state index in [1.807, 2.05) is 0 Å². The van der Waals surface area contributed by atoms with E-state index in [2.05, 4.69) is 11.9 Å². The lowest BCUT2D eigenvalue weighted by molar-refractivity contribution is -0.125. The number of nitrogens with one attached hydrogen (secondary N) is 1. The summed E-state index contributed by atoms with van der Waals surface area (Å²) < 4.78 is 0. The van der Waals surface area contributed by atoms with Gasteiger partial charge >= 0.3 is 0 Å². The van der Waals surface area contributed by atoms with Crippen LogP contribution in [0.15, 0.2) is 12.7 Å². The van der Waals surface area contributed by atoms with Crippen molar-refractivity contribution in [2.24, 2.45) is 11.1 Å². The van der Waals surface area contributed by atoms with E-state index >= 15 is 0 Å². The third-order valence-electron chi connectivity index (χ3n) is 2.36. The summed E-state index contributed by atoms with van der Waals surface area (Å²) in [5, 5.41) is 2.85. The molecule has 0 aromatic rings. The van der Waals surface area contributed by atoms with Crippen molar-refractivity contribution >= 4 is 5.91 Å². The van der Waals surface area contributed by atoms with Gasteiger partial charge in [0.05, 0.1) is 5.41 Å². The maximum Gasteiger partial charge on any atom is 0.227 e. The zero-order valence-corrected chi connectivity index (χ0v) is 7.31. The Balaban J connectivity index is 2.24. The standard InChI is InChI=1S/C9H16N2O/c1-2-3-6-11-8(12)9(7-10)4-5-9/h2H,1,3-7,10H2,(H,11,12). The molecule has 0 unspecified atom stereocenters. The summed E-state index contributed by atoms with van der Waals surface area (Å²) in [6, 6.07) is 0. The summed E-state index contributed by atoms with van der Waals surface area (Å²) in [4.78, 5) is 11.4. The smallest absolute Gasteiger partial charge is 0.227 e. The molecule has 0 aromatic heterocycles. The van der Waals surface area contributed by atoms with E-state index in [1.54, 1.807) is 6.08 Å². The average molecular weight is 168 g/mol. The summed E-state index contributed by atoms with van der Waals surface area (Å²) in [7, 11) is 0. The Labute approximate surface area is 73.0 Å². The molecule has 0 bridgehead atoms. The SMILES string of the molecule is C=CCCNC(=O)C1(CN)CC1. The van der Waals surface area contributed by atoms with E-state index in [1.165, 1.54) is 0 Å². The van der Waals surface area contributed by atoms with Gasteiger partial charge in [-0.15, -0.1) is 6.58 Å². The van der Waals surface area contributed by atoms with Gasteiger partial charge < -0.3 is 11.1 Å². The number of hydrogen-bond donors (Lipinski definition) is 2. The van der Waals surface area contributed by atoms with Gasteiger partial charge in [-0.2, -0.15) is 0 Å². The normalized spacial score (nSPS) is 18.4. The second-order valence-corrected chi connectivity index (χ2v) is 3.32. The van der Waals surface area contributed by atoms with Crippen molar-refractivity contribution in [1.29, 1.82) is 0 Å². The van der Waals surface area contributed by atoms with E-state index in [-0.39, 0.29) is 11.3 Å². The van der Waals surface area contributed by atoms with Crippen molar-refractivity contribution in [2.75, 3.05) is 13.1 Å². The van der Waals surface area contributed by atoms with Crippen LogP contribution in [0, 0.1) is 5.41 Å². The fraction of sp³-hybridized carbons (Fsp3) is 0.667. The lowest BCUT2D eigenvalue weighted by Gasteiger charge is -2.11. The minimum Gasteiger partial charge on any atom is -0.355 e. The molecule has 0 radical (unpaired) electrons. The highest BCUT2D eigenvalue weighted by molar-refractivity contribution is 5.85. The maximum atomic E-state index is 11.4. The first-order valence-electron chi connectivity index (χ1n) is 4.34. The molecule has 0 atom stereocenters. The third kappa shape index (κ3) is 1.85. The minimum atomic E-state index is -0.207. The predicted octanol–water partition coefficient (Wildman–Crippen LogP) is 0.418. The molecular weight excluding hydrogens is 152 g/mol. The van der Waals surface area contributed by atoms with Crippen LogP contribution in [0.5, 0.6) is 0 Å². The summed E-state index contributed by atoms with van der Waals surface area (Å²) in [5.74, 6) is 0.117. The molecule has 1 amide bonds. The van der Waals surface area contributed by atoms with Gasteiger partial charge in [-0.25, -0.2) is 0 Å². The van der Waals surface area contributed by atoms with Gasteiger partial charge in [-0.1, -0.05) is 6.08 Å². The first-order chi connectivity index (χ1) is 5.75. The van der Waals surface area contributed by atoms with Gasteiger partial charge in [0, 0.05) is 13.1 Å². The van der Waals surface area contributed by atoms with Crippen molar-refractivity contribution in [1.82, 2.24) is 5.32 Å². The van der Waals surface area contributed by atoms with E-state index < -0.39 is 0 Å². The molecule has 1 rings (SSSR count). The summed E-state index contributed by atoms with van der Waals surface area (Å²) in [6.07, 6.45) is 4.52. The van der Waals surface area contributed by atoms with Crippen LogP contribution in [0.25, 0.3) is 0 Å². The summed E-state index contributed by atoms with van der Waals surface area (Å²) >= 11 is 0. The molecule has 0 aromatic carbocycles. The zero-order chi connectivity index (χ0) is 9.03. The largest absolute Gasteiger partial charge is 0.355 e. The van der Waals surface area contributed by atoms with Gasteiger partial charge in [-0.3, -0.25) is 4.79 Å². The Morgan fingerprint density at radius 2 is 2.33 bits per heavy atom. The summed E-state index contributed by atoms with van der Waals surface area (Å²) in [6.45, 7) is 4.74. The molecule has 0 spiro atoms. The molecule has 0 heterocycles. The molecule has 3 heteroatoms. The fourth-order valence-electron chi connectivity index (χ4n) is 1.15. The van der Waals surface area contributed by atoms with Gasteiger partial charge in [0.25, 0.3) is 0 Å². The van der Waals surface area contributed by atoms with Crippen molar-refractivity contribution < 1.29 is 4.79 Å². The van der Waals surface area contributed by atoms with Crippen LogP contribution in [0.1, 0.15) is 19.3 Å². The predicted molar refractivity (Wildman–Crippen MR) is 48.5 cm³/mol. The van der Waals surface area contributed by atoms with E-state index in [0.717, 1.165) is 19.3 Å². The Morgan fingerprint density at radius 3 is 2.75 bits per heavy atom. The highest BCUT2D eigenvalue weighted by Crippen LogP contribution is 2.44. The summed E-state index contributed by atoms with van der Waals surface area (Å²) in [5.41, 5.74) is 5.29. The van der Waals surface area contributed by atoms with Crippen molar-refractivity contribution in [3.05, 3.63) is 12.7 Å². The van der Waals surface area contributed by atoms with Crippen LogP contribution in [0.2, 0.25) is 0 Å². The maximum absolute atomic E-state index is 11.4. The van der Waals surface area contributed by atoms with Gasteiger partial charge in [-0.05, 0) is 19.3 Å². The second-order valence-electron chi connectivity index (χ2n) is 3.32. The topological polar surface area (TPSA) is 55.1 Å². The Morgan fingerprint density at radius 1 is 1.67 bits per heavy atom. The molecule has 1 aliphatic carbocycles. The van der Waals surface area contributed by atoms with Crippen LogP contribution >= 0.6 is 0 Å². The Bertz CT molecular complexity index is 185. The van der Waals surface area contributed by atoms with Crippen LogP contribution < -0.4 is 11.1 Å². The average Bonchev–Trinajstić information content (AvgIpc) is 2.85. The van der Waals surface area contributed by atoms with E-state index in [4.69, 9.17) is 5.73 Å². The van der Waals surface area contributed by atoms with Gasteiger partial charge in [0.1, 0.15) is 0 Å². The quantitative estimate of drug-likeness (QED) is 0.461. The monoisotopic (exact) mass is 168 g/mol. The van der Waals surface area contributed by atoms with Crippen molar-refractivity contribution in [3.8, 4) is 0 Å². The Kier molecular flexibility index (Phi) is 2.87. The van der Waals surface area contributed by atoms with E-state index in [9.17, 15) is 4.79 Å². The van der Waals surface area contributed by atoms with Crippen LogP contribution in [0.3, 0.4) is 0 Å². The van der Waals surface area contributed by atoms with Crippen LogP contribution in [-0.2, 0) is 4.79 Å². The number of rotatable bonds is 5. The lowest BCUT2D eigenvalue weighted by atomic mass is 10.1. The molecule has 68 valence electrons. The number of carbonyl (C=O) groups is 1. The minimum absolute atomic E-state index is 0.117. The second kappa shape index (κ2) is 3.72. The fourth-order valence-corrected chi connectivity index (χ4v) is 1.15. The Hall–Kier alpha value is -0.830. The van der Waals surface area contributed by atoms with Crippen molar-refractivity contribution in [3.63, 3.8) is 0 Å².